The highest BCUT2D eigenvalue weighted by Gasteiger charge is 2.08. The van der Waals surface area contributed by atoms with Crippen molar-refractivity contribution in [2.75, 3.05) is 39.6 Å². The van der Waals surface area contributed by atoms with Gasteiger partial charge in [0.1, 0.15) is 25.1 Å². The van der Waals surface area contributed by atoms with Crippen LogP contribution in [0.15, 0.2) is 30.3 Å². The van der Waals surface area contributed by atoms with Crippen LogP contribution in [0.1, 0.15) is 12.8 Å². The minimum absolute atomic E-state index is 0.150. The van der Waals surface area contributed by atoms with E-state index in [1.807, 2.05) is 30.3 Å². The van der Waals surface area contributed by atoms with Crippen molar-refractivity contribution >= 4 is 6.47 Å². The van der Waals surface area contributed by atoms with E-state index in [0.717, 1.165) is 18.6 Å². The van der Waals surface area contributed by atoms with Crippen LogP contribution < -0.4 is 4.74 Å². The first-order valence-electron chi connectivity index (χ1n) is 7.37. The van der Waals surface area contributed by atoms with Crippen molar-refractivity contribution < 1.29 is 28.8 Å². The molecule has 1 unspecified atom stereocenters. The second-order valence-corrected chi connectivity index (χ2v) is 4.57. The molecule has 0 N–H and O–H groups in total. The zero-order valence-corrected chi connectivity index (χ0v) is 12.6. The van der Waals surface area contributed by atoms with Crippen molar-refractivity contribution in [1.82, 2.24) is 0 Å². The maximum Gasteiger partial charge on any atom is 0.293 e. The van der Waals surface area contributed by atoms with E-state index >= 15 is 0 Å². The largest absolute Gasteiger partial charge is 0.494 e. The summed E-state index contributed by atoms with van der Waals surface area (Å²) >= 11 is 0. The first-order valence-corrected chi connectivity index (χ1v) is 7.37. The maximum atomic E-state index is 10.9. The van der Waals surface area contributed by atoms with E-state index in [1.165, 1.54) is 0 Å². The lowest BCUT2D eigenvalue weighted by atomic mass is 10.3. The fourth-order valence-corrected chi connectivity index (χ4v) is 1.68. The summed E-state index contributed by atoms with van der Waals surface area (Å²) in [5.74, 6) is 0.862. The molecule has 0 spiro atoms. The number of ether oxygens (including phenoxy) is 4. The number of hydrogen-bond donors (Lipinski definition) is 0. The number of hydrogen-bond acceptors (Lipinski definition) is 5. The van der Waals surface area contributed by atoms with Crippen LogP contribution in [0.4, 0.5) is 0 Å². The fraction of sp³-hybridized carbons (Fsp3) is 0.562. The molecule has 1 aromatic rings. The molecular weight excluding hydrogens is 288 g/mol. The van der Waals surface area contributed by atoms with E-state index in [1.54, 1.807) is 0 Å². The molecule has 0 aliphatic heterocycles. The van der Waals surface area contributed by atoms with Gasteiger partial charge in [-0.3, -0.25) is 4.79 Å². The number of unbranched alkanes of at least 4 members (excludes halogenated alkanes) is 1. The summed E-state index contributed by atoms with van der Waals surface area (Å²) in [4.78, 5) is 9.93. The summed E-state index contributed by atoms with van der Waals surface area (Å²) in [6, 6.07) is 9.64. The van der Waals surface area contributed by atoms with Crippen LogP contribution in [0.25, 0.3) is 0 Å². The molecule has 123 valence electrons. The van der Waals surface area contributed by atoms with E-state index in [-0.39, 0.29) is 26.4 Å². The molecule has 0 saturated carbocycles. The minimum Gasteiger partial charge on any atom is -0.494 e. The Kier molecular flexibility index (Phi) is 10.9. The number of rotatable bonds is 14. The molecule has 0 bridgehead atoms. The molecule has 1 aromatic carbocycles. The molecule has 22 heavy (non-hydrogen) atoms. The third-order valence-electron chi connectivity index (χ3n) is 2.81. The van der Waals surface area contributed by atoms with E-state index in [9.17, 15) is 9.90 Å². The number of carbonyl (C=O) groups excluding carboxylic acids is 1. The van der Waals surface area contributed by atoms with Gasteiger partial charge >= 0.3 is 0 Å². The van der Waals surface area contributed by atoms with Crippen molar-refractivity contribution in [2.24, 2.45) is 0 Å². The summed E-state index contributed by atoms with van der Waals surface area (Å²) in [7, 11) is 0. The van der Waals surface area contributed by atoms with Gasteiger partial charge in [0, 0.05) is 6.61 Å². The van der Waals surface area contributed by atoms with Gasteiger partial charge in [-0.05, 0) is 25.0 Å². The highest BCUT2D eigenvalue weighted by atomic mass is 16.6. The summed E-state index contributed by atoms with van der Waals surface area (Å²) in [5.41, 5.74) is 0. The summed E-state index contributed by atoms with van der Waals surface area (Å²) < 4.78 is 20.7. The molecule has 0 aliphatic carbocycles. The van der Waals surface area contributed by atoms with Crippen molar-refractivity contribution in [3.8, 4) is 5.75 Å². The molecule has 0 aliphatic rings. The third-order valence-corrected chi connectivity index (χ3v) is 2.81. The Morgan fingerprint density at radius 3 is 2.50 bits per heavy atom. The summed E-state index contributed by atoms with van der Waals surface area (Å²) in [5, 5.41) is 10.9. The first-order chi connectivity index (χ1) is 10.9. The van der Waals surface area contributed by atoms with Gasteiger partial charge < -0.3 is 18.9 Å². The zero-order chi connectivity index (χ0) is 15.9. The van der Waals surface area contributed by atoms with E-state index in [0.29, 0.717) is 19.7 Å². The Hall–Kier alpha value is -1.63. The Morgan fingerprint density at radius 1 is 1.00 bits per heavy atom. The average Bonchev–Trinajstić information content (AvgIpc) is 2.56. The lowest BCUT2D eigenvalue weighted by Gasteiger charge is -2.14. The maximum absolute atomic E-state index is 10.9. The number of carbonyl (C=O) groups is 1. The lowest BCUT2D eigenvalue weighted by Crippen LogP contribution is -2.25. The van der Waals surface area contributed by atoms with Crippen LogP contribution in [0.2, 0.25) is 0 Å². The fourth-order valence-electron chi connectivity index (χ4n) is 1.68. The third kappa shape index (κ3) is 9.33. The predicted molar refractivity (Wildman–Crippen MR) is 79.3 cm³/mol. The standard InChI is InChI=1S/C16H23O6/c17-12-16(22-11-10-20-14-18)13-19-8-4-5-9-21-15-6-2-1-3-7-15/h1-3,6-7,14,16H,4-5,8-13H2. The molecule has 0 aromatic heterocycles. The van der Waals surface area contributed by atoms with Crippen LogP contribution in [0.5, 0.6) is 5.75 Å². The molecule has 1 radical (unpaired) electrons. The van der Waals surface area contributed by atoms with Crippen LogP contribution in [0.3, 0.4) is 0 Å². The summed E-state index contributed by atoms with van der Waals surface area (Å²) in [6.07, 6.45) is 1.23. The smallest absolute Gasteiger partial charge is 0.293 e. The van der Waals surface area contributed by atoms with Gasteiger partial charge in [-0.1, -0.05) is 18.2 Å². The molecule has 1 rings (SSSR count). The van der Waals surface area contributed by atoms with Gasteiger partial charge in [0.25, 0.3) is 6.47 Å². The predicted octanol–water partition coefficient (Wildman–Crippen LogP) is 1.85. The Labute approximate surface area is 130 Å². The SMILES string of the molecule is [O]CC(COCCCCOc1ccccc1)OCCOC=O. The van der Waals surface area contributed by atoms with Gasteiger partial charge in [0.15, 0.2) is 0 Å². The lowest BCUT2D eigenvalue weighted by molar-refractivity contribution is -0.132. The highest BCUT2D eigenvalue weighted by Crippen LogP contribution is 2.08. The molecule has 0 amide bonds. The highest BCUT2D eigenvalue weighted by molar-refractivity contribution is 5.36. The molecule has 0 heterocycles. The van der Waals surface area contributed by atoms with E-state index in [4.69, 9.17) is 14.2 Å². The van der Waals surface area contributed by atoms with Gasteiger partial charge in [0.05, 0.1) is 19.8 Å². The topological polar surface area (TPSA) is 73.9 Å². The Bertz CT molecular complexity index is 370. The first kappa shape index (κ1) is 18.4. The van der Waals surface area contributed by atoms with Crippen molar-refractivity contribution in [3.05, 3.63) is 30.3 Å². The van der Waals surface area contributed by atoms with Crippen molar-refractivity contribution in [1.29, 1.82) is 0 Å². The Morgan fingerprint density at radius 2 is 1.77 bits per heavy atom. The average molecular weight is 311 g/mol. The van der Waals surface area contributed by atoms with Gasteiger partial charge in [-0.15, -0.1) is 0 Å². The monoisotopic (exact) mass is 311 g/mol. The van der Waals surface area contributed by atoms with Crippen LogP contribution >= 0.6 is 0 Å². The molecule has 0 fully saturated rings. The van der Waals surface area contributed by atoms with Crippen LogP contribution in [0, 0.1) is 0 Å². The summed E-state index contributed by atoms with van der Waals surface area (Å²) in [6.45, 7) is 1.78. The molecule has 6 heteroatoms. The molecule has 6 nitrogen and oxygen atoms in total. The normalized spacial score (nSPS) is 11.9. The van der Waals surface area contributed by atoms with Gasteiger partial charge in [0.2, 0.25) is 0 Å². The second-order valence-electron chi connectivity index (χ2n) is 4.57. The molecule has 1 atom stereocenters. The quantitative estimate of drug-likeness (QED) is 0.387. The van der Waals surface area contributed by atoms with Crippen LogP contribution in [-0.2, 0) is 24.1 Å². The molecule has 0 saturated heterocycles. The molecular formula is C16H23O6. The van der Waals surface area contributed by atoms with Gasteiger partial charge in [-0.25, -0.2) is 5.11 Å². The zero-order valence-electron chi connectivity index (χ0n) is 12.6. The van der Waals surface area contributed by atoms with Crippen molar-refractivity contribution in [2.45, 2.75) is 18.9 Å². The number of benzene rings is 1. The second kappa shape index (κ2) is 13.1. The van der Waals surface area contributed by atoms with Crippen LogP contribution in [-0.4, -0.2) is 52.2 Å². The number of para-hydroxylation sites is 1. The van der Waals surface area contributed by atoms with E-state index in [2.05, 4.69) is 4.74 Å². The van der Waals surface area contributed by atoms with E-state index < -0.39 is 6.10 Å². The minimum atomic E-state index is -0.504. The van der Waals surface area contributed by atoms with Crippen molar-refractivity contribution in [3.63, 3.8) is 0 Å². The Balaban J connectivity index is 1.93. The van der Waals surface area contributed by atoms with Gasteiger partial charge in [-0.2, -0.15) is 0 Å².